The third kappa shape index (κ3) is 6.67. The molecule has 0 fully saturated rings. The summed E-state index contributed by atoms with van der Waals surface area (Å²) in [5.74, 6) is -4.05. The average Bonchev–Trinajstić information content (AvgIpc) is 2.94. The van der Waals surface area contributed by atoms with E-state index in [1.165, 1.54) is 0 Å². The molecule has 2 unspecified atom stereocenters. The van der Waals surface area contributed by atoms with Crippen LogP contribution in [-0.4, -0.2) is 23.1 Å². The maximum absolute atomic E-state index is 13.7. The lowest BCUT2D eigenvalue weighted by Gasteiger charge is -2.21. The van der Waals surface area contributed by atoms with E-state index in [-0.39, 0.29) is 6.42 Å². The van der Waals surface area contributed by atoms with Crippen LogP contribution < -0.4 is 0 Å². The summed E-state index contributed by atoms with van der Waals surface area (Å²) >= 11 is 4.29. The number of ketones is 4. The van der Waals surface area contributed by atoms with E-state index in [2.05, 4.69) is 45.2 Å². The van der Waals surface area contributed by atoms with Gasteiger partial charge in [-0.25, -0.2) is 0 Å². The van der Waals surface area contributed by atoms with Crippen LogP contribution in [0.4, 0.5) is 0 Å². The molecule has 4 aromatic carbocycles. The van der Waals surface area contributed by atoms with E-state index < -0.39 is 35.0 Å². The fourth-order valence-corrected chi connectivity index (χ4v) is 4.86. The Labute approximate surface area is 242 Å². The Balaban J connectivity index is 1.78. The lowest BCUT2D eigenvalue weighted by molar-refractivity contribution is 0.0728. The molecule has 0 aliphatic carbocycles. The van der Waals surface area contributed by atoms with Crippen LogP contribution in [0.25, 0.3) is 0 Å². The molecule has 0 saturated carbocycles. The molecule has 0 saturated heterocycles. The van der Waals surface area contributed by atoms with Crippen LogP contribution in [0.2, 0.25) is 0 Å². The summed E-state index contributed by atoms with van der Waals surface area (Å²) in [7, 11) is 0. The molecule has 0 aliphatic heterocycles. The molecule has 2 atom stereocenters. The van der Waals surface area contributed by atoms with Gasteiger partial charge in [-0.2, -0.15) is 0 Å². The Hall–Kier alpha value is -2.98. The third-order valence-corrected chi connectivity index (χ3v) is 7.55. The third-order valence-electron chi connectivity index (χ3n) is 6.11. The lowest BCUT2D eigenvalue weighted by atomic mass is 9.78. The van der Waals surface area contributed by atoms with Gasteiger partial charge in [-0.1, -0.05) is 84.9 Å². The zero-order valence-corrected chi connectivity index (χ0v) is 24.0. The highest BCUT2D eigenvalue weighted by Crippen LogP contribution is 2.28. The Kier molecular flexibility index (Phi) is 9.15. The molecule has 0 heterocycles. The van der Waals surface area contributed by atoms with Gasteiger partial charge in [-0.05, 0) is 75.9 Å². The molecule has 0 radical (unpaired) electrons. The zero-order chi connectivity index (χ0) is 26.4. The highest BCUT2D eigenvalue weighted by Gasteiger charge is 2.37. The second-order valence-electron chi connectivity index (χ2n) is 8.54. The number of halogens is 2. The average molecular weight is 712 g/mol. The first-order chi connectivity index (χ1) is 17.8. The van der Waals surface area contributed by atoms with Gasteiger partial charge in [-0.3, -0.25) is 19.2 Å². The molecule has 0 aromatic heterocycles. The van der Waals surface area contributed by atoms with Crippen LogP contribution in [0.1, 0.15) is 47.9 Å². The van der Waals surface area contributed by atoms with Crippen LogP contribution in [0, 0.1) is 19.0 Å². The van der Waals surface area contributed by atoms with E-state index in [0.717, 1.165) is 7.14 Å². The second-order valence-corrected chi connectivity index (χ2v) is 11.0. The summed E-state index contributed by atoms with van der Waals surface area (Å²) < 4.78 is 1.90. The fourth-order valence-electron chi connectivity index (χ4n) is 4.14. The van der Waals surface area contributed by atoms with Gasteiger partial charge < -0.3 is 0 Å². The van der Waals surface area contributed by atoms with Crippen LogP contribution in [-0.2, 0) is 0 Å². The Morgan fingerprint density at radius 1 is 0.432 bits per heavy atom. The predicted molar refractivity (Wildman–Crippen MR) is 160 cm³/mol. The maximum atomic E-state index is 13.7. The van der Waals surface area contributed by atoms with Gasteiger partial charge in [0, 0.05) is 29.4 Å². The molecular weight excluding hydrogens is 690 g/mol. The number of carbonyl (C=O) groups excluding carboxylic acids is 4. The number of hydrogen-bond acceptors (Lipinski definition) is 4. The number of benzene rings is 4. The molecule has 184 valence electrons. The van der Waals surface area contributed by atoms with Crippen molar-refractivity contribution in [2.75, 3.05) is 0 Å². The first kappa shape index (κ1) is 27.1. The van der Waals surface area contributed by atoms with E-state index >= 15 is 0 Å². The predicted octanol–water partition coefficient (Wildman–Crippen LogP) is 7.35. The quantitative estimate of drug-likeness (QED) is 0.0981. The van der Waals surface area contributed by atoms with Crippen molar-refractivity contribution < 1.29 is 19.2 Å². The maximum Gasteiger partial charge on any atom is 0.173 e. The number of rotatable bonds is 10. The monoisotopic (exact) mass is 712 g/mol. The minimum atomic E-state index is -1.20. The van der Waals surface area contributed by atoms with E-state index in [0.29, 0.717) is 22.3 Å². The van der Waals surface area contributed by atoms with Gasteiger partial charge in [-0.15, -0.1) is 0 Å². The van der Waals surface area contributed by atoms with Crippen LogP contribution >= 0.6 is 45.2 Å². The van der Waals surface area contributed by atoms with E-state index in [1.807, 2.05) is 0 Å². The smallest absolute Gasteiger partial charge is 0.173 e. The van der Waals surface area contributed by atoms with Crippen molar-refractivity contribution in [2.45, 2.75) is 6.42 Å². The van der Waals surface area contributed by atoms with Crippen molar-refractivity contribution in [3.63, 3.8) is 0 Å². The number of hydrogen-bond donors (Lipinski definition) is 0. The van der Waals surface area contributed by atoms with Crippen molar-refractivity contribution >= 4 is 68.3 Å². The van der Waals surface area contributed by atoms with Crippen molar-refractivity contribution in [3.05, 3.63) is 139 Å². The van der Waals surface area contributed by atoms with Crippen LogP contribution in [0.5, 0.6) is 0 Å². The van der Waals surface area contributed by atoms with Crippen LogP contribution in [0.3, 0.4) is 0 Å². The molecule has 0 bridgehead atoms. The van der Waals surface area contributed by atoms with Gasteiger partial charge in [0.15, 0.2) is 23.1 Å². The zero-order valence-electron chi connectivity index (χ0n) is 19.6. The largest absolute Gasteiger partial charge is 0.293 e. The van der Waals surface area contributed by atoms with Gasteiger partial charge in [0.2, 0.25) is 0 Å². The Morgan fingerprint density at radius 3 is 1.00 bits per heavy atom. The molecule has 0 spiro atoms. The highest BCUT2D eigenvalue weighted by atomic mass is 127. The summed E-state index contributed by atoms with van der Waals surface area (Å²) in [5, 5.41) is 0. The summed E-state index contributed by atoms with van der Waals surface area (Å²) in [6.45, 7) is 0. The minimum absolute atomic E-state index is 0.225. The van der Waals surface area contributed by atoms with E-state index in [4.69, 9.17) is 0 Å². The SMILES string of the molecule is O=C(c1ccccc1)C(CC(C(=O)c1ccccc1)C(=O)c1ccc(I)cc1)C(=O)c1ccc(I)cc1. The fraction of sp³-hybridized carbons (Fsp3) is 0.0968. The minimum Gasteiger partial charge on any atom is -0.293 e. The Morgan fingerprint density at radius 2 is 0.703 bits per heavy atom. The van der Waals surface area contributed by atoms with E-state index in [1.54, 1.807) is 109 Å². The summed E-state index contributed by atoms with van der Waals surface area (Å²) in [6, 6.07) is 30.9. The van der Waals surface area contributed by atoms with Crippen molar-refractivity contribution in [1.82, 2.24) is 0 Å². The van der Waals surface area contributed by atoms with Gasteiger partial charge in [0.25, 0.3) is 0 Å². The molecule has 4 nitrogen and oxygen atoms in total. The first-order valence-electron chi connectivity index (χ1n) is 11.6. The second kappa shape index (κ2) is 12.5. The topological polar surface area (TPSA) is 68.3 Å². The summed E-state index contributed by atoms with van der Waals surface area (Å²) in [4.78, 5) is 54.8. The summed E-state index contributed by atoms with van der Waals surface area (Å²) in [5.41, 5.74) is 1.45. The molecule has 4 aromatic rings. The highest BCUT2D eigenvalue weighted by molar-refractivity contribution is 14.1. The van der Waals surface area contributed by atoms with Gasteiger partial charge in [0.05, 0.1) is 11.8 Å². The number of carbonyl (C=O) groups is 4. The first-order valence-corrected chi connectivity index (χ1v) is 13.8. The molecule has 0 aliphatic rings. The number of Topliss-reactive ketones (excluding diaryl/α,β-unsaturated/α-hetero) is 4. The molecule has 4 rings (SSSR count). The lowest BCUT2D eigenvalue weighted by Crippen LogP contribution is -2.33. The van der Waals surface area contributed by atoms with Crippen LogP contribution in [0.15, 0.2) is 109 Å². The van der Waals surface area contributed by atoms with Crippen molar-refractivity contribution in [2.24, 2.45) is 11.8 Å². The standard InChI is InChI=1S/C31H22I2O4/c32-24-15-11-22(12-16-24)30(36)26(28(34)20-7-3-1-4-8-20)19-27(29(35)21-9-5-2-6-10-21)31(37)23-13-17-25(33)18-14-23/h1-18,26-27H,19H2. The Bertz CT molecular complexity index is 1300. The molecule has 6 heteroatoms. The van der Waals surface area contributed by atoms with Crippen molar-refractivity contribution in [3.8, 4) is 0 Å². The van der Waals surface area contributed by atoms with Crippen molar-refractivity contribution in [1.29, 1.82) is 0 Å². The van der Waals surface area contributed by atoms with E-state index in [9.17, 15) is 19.2 Å². The normalized spacial score (nSPS) is 12.4. The van der Waals surface area contributed by atoms with Gasteiger partial charge >= 0.3 is 0 Å². The molecular formula is C31H22I2O4. The summed E-state index contributed by atoms with van der Waals surface area (Å²) in [6.07, 6.45) is -0.225. The molecule has 0 N–H and O–H groups in total. The molecule has 37 heavy (non-hydrogen) atoms. The van der Waals surface area contributed by atoms with Gasteiger partial charge in [0.1, 0.15) is 0 Å². The molecule has 0 amide bonds.